The largest absolute Gasteiger partial charge is 0.0654 e. The van der Waals surface area contributed by atoms with Crippen molar-refractivity contribution in [1.29, 1.82) is 0 Å². The van der Waals surface area contributed by atoms with E-state index in [0.717, 1.165) is 82.9 Å². The van der Waals surface area contributed by atoms with Crippen LogP contribution in [0.3, 0.4) is 0 Å². The van der Waals surface area contributed by atoms with Crippen LogP contribution in [0.2, 0.25) is 0 Å². The number of unbranched alkanes of at least 4 members (excludes halogenated alkanes) is 13. The van der Waals surface area contributed by atoms with Gasteiger partial charge < -0.3 is 0 Å². The second-order valence-corrected chi connectivity index (χ2v) is 41.3. The molecule has 0 aromatic rings. The molecule has 0 aromatic heterocycles. The molecule has 0 aromatic carbocycles. The molecule has 0 saturated carbocycles. The van der Waals surface area contributed by atoms with Gasteiger partial charge in [0.25, 0.3) is 0 Å². The van der Waals surface area contributed by atoms with E-state index in [-0.39, 0.29) is 21.7 Å². The van der Waals surface area contributed by atoms with Crippen LogP contribution in [0.5, 0.6) is 0 Å². The quantitative estimate of drug-likeness (QED) is 0.0533. The van der Waals surface area contributed by atoms with Gasteiger partial charge in [0.05, 0.1) is 0 Å². The molecule has 0 aliphatic heterocycles. The molecule has 0 amide bonds. The van der Waals surface area contributed by atoms with Gasteiger partial charge in [-0.3, -0.25) is 0 Å². The van der Waals surface area contributed by atoms with Crippen molar-refractivity contribution in [2.75, 3.05) is 0 Å². The summed E-state index contributed by atoms with van der Waals surface area (Å²) in [6.07, 6.45) is 94.8. The lowest BCUT2D eigenvalue weighted by atomic mass is 9.30. The van der Waals surface area contributed by atoms with Crippen molar-refractivity contribution in [2.24, 2.45) is 110 Å². The molecule has 0 heteroatoms. The molecule has 0 rings (SSSR count). The third kappa shape index (κ3) is 41.3. The van der Waals surface area contributed by atoms with Gasteiger partial charge >= 0.3 is 0 Å². The highest BCUT2D eigenvalue weighted by Gasteiger charge is 2.71. The average Bonchev–Trinajstić information content (AvgIpc) is 0.677. The highest BCUT2D eigenvalue weighted by molar-refractivity contribution is 5.20. The minimum Gasteiger partial charge on any atom is -0.0654 e. The first kappa shape index (κ1) is 110. The van der Waals surface area contributed by atoms with Crippen molar-refractivity contribution in [3.05, 3.63) is 0 Å². The van der Waals surface area contributed by atoms with Gasteiger partial charge in [0.1, 0.15) is 0 Å². The lowest BCUT2D eigenvalue weighted by Gasteiger charge is -2.74. The zero-order chi connectivity index (χ0) is 82.3. The zero-order valence-electron chi connectivity index (χ0n) is 82.3. The molecule has 0 aliphatic carbocycles. The fourth-order valence-electron chi connectivity index (χ4n) is 25.7. The van der Waals surface area contributed by atoms with Crippen LogP contribution in [0.15, 0.2) is 0 Å². The third-order valence-corrected chi connectivity index (χ3v) is 31.7. The average molecular weight is 1540 g/mol. The van der Waals surface area contributed by atoms with E-state index >= 15 is 0 Å². The van der Waals surface area contributed by atoms with Crippen molar-refractivity contribution >= 4 is 0 Å². The van der Waals surface area contributed by atoms with Crippen molar-refractivity contribution < 1.29 is 0 Å². The van der Waals surface area contributed by atoms with Crippen molar-refractivity contribution in [1.82, 2.24) is 0 Å². The summed E-state index contributed by atoms with van der Waals surface area (Å²) in [6, 6.07) is 0. The summed E-state index contributed by atoms with van der Waals surface area (Å²) in [4.78, 5) is 0. The number of hydrogen-bond donors (Lipinski definition) is 0. The van der Waals surface area contributed by atoms with E-state index in [1.165, 1.54) is 385 Å². The molecule has 0 aliphatic rings. The second-order valence-electron chi connectivity index (χ2n) is 41.3. The van der Waals surface area contributed by atoms with E-state index in [1.54, 1.807) is 38.5 Å². The lowest BCUT2D eigenvalue weighted by molar-refractivity contribution is -0.255. The number of hydrogen-bond acceptors (Lipinski definition) is 0. The Balaban J connectivity index is 13.3. The third-order valence-electron chi connectivity index (χ3n) is 31.7. The van der Waals surface area contributed by atoms with Crippen molar-refractivity contribution in [3.8, 4) is 0 Å². The summed E-state index contributed by atoms with van der Waals surface area (Å²) in [5, 5.41) is 0. The summed E-state index contributed by atoms with van der Waals surface area (Å²) in [6.45, 7) is 66.9. The van der Waals surface area contributed by atoms with Crippen LogP contribution < -0.4 is 0 Å². The van der Waals surface area contributed by atoms with E-state index in [1.807, 2.05) is 0 Å². The Morgan fingerprint density at radius 3 is 0.964 bits per heavy atom. The van der Waals surface area contributed by atoms with Crippen LogP contribution in [-0.4, -0.2) is 0 Å². The maximum Gasteiger partial charge on any atom is -0.0171 e. The van der Waals surface area contributed by atoms with Crippen LogP contribution in [0.1, 0.15) is 597 Å². The topological polar surface area (TPSA) is 0 Å². The highest BCUT2D eigenvalue weighted by Crippen LogP contribution is 2.79. The van der Waals surface area contributed by atoms with Gasteiger partial charge in [-0.1, -0.05) is 513 Å². The van der Waals surface area contributed by atoms with Gasteiger partial charge in [0.2, 0.25) is 0 Å². The molecule has 110 heavy (non-hydrogen) atoms. The Hall–Kier alpha value is 0. The fourth-order valence-corrected chi connectivity index (χ4v) is 25.7. The molecule has 0 radical (unpaired) electrons. The molecule has 0 N–H and O–H groups in total. The van der Waals surface area contributed by atoms with Gasteiger partial charge in [0, 0.05) is 0 Å². The van der Waals surface area contributed by atoms with Crippen LogP contribution >= 0.6 is 0 Å². The molecule has 0 saturated heterocycles. The van der Waals surface area contributed by atoms with Gasteiger partial charge in [-0.2, -0.15) is 0 Å². The Morgan fingerprint density at radius 1 is 0.200 bits per heavy atom. The summed E-state index contributed by atoms with van der Waals surface area (Å²) in [5.74, 6) is 11.7. The zero-order valence-corrected chi connectivity index (χ0v) is 82.3. The van der Waals surface area contributed by atoms with E-state index in [9.17, 15) is 0 Å². The summed E-state index contributed by atoms with van der Waals surface area (Å²) >= 11 is 0. The van der Waals surface area contributed by atoms with E-state index in [2.05, 4.69) is 173 Å². The first-order valence-electron chi connectivity index (χ1n) is 53.2. The van der Waals surface area contributed by atoms with Gasteiger partial charge in [-0.15, -0.1) is 0 Å². The van der Waals surface area contributed by atoms with Crippen LogP contribution in [0, 0.1) is 110 Å². The van der Waals surface area contributed by atoms with Crippen molar-refractivity contribution in [3.63, 3.8) is 0 Å². The Morgan fingerprint density at radius 2 is 0.555 bits per heavy atom. The predicted octanol–water partition coefficient (Wildman–Crippen LogP) is 40.4. The van der Waals surface area contributed by atoms with Crippen molar-refractivity contribution in [2.45, 2.75) is 597 Å². The normalized spacial score (nSPS) is 18.5. The highest BCUT2D eigenvalue weighted by atomic mass is 14.8. The molecule has 0 spiro atoms. The molecule has 18 unspecified atom stereocenters. The summed E-state index contributed by atoms with van der Waals surface area (Å²) < 4.78 is 0. The van der Waals surface area contributed by atoms with Gasteiger partial charge in [-0.25, -0.2) is 0 Å². The molecular weight excluding hydrogens is 1320 g/mol. The van der Waals surface area contributed by atoms with E-state index in [0.29, 0.717) is 5.92 Å². The Labute approximate surface area is 703 Å². The standard InChI is InChI=1S/C110H222/c1-26-46-53-70-97(45-20)79-82-107(87-101(64-37-12)73-56-49-29-4,95(25)84-98(61-34-9)71-54-47-27-2)109(81-59-76-96(44-19)69-52-32-7,89-102(65-38-13)74-57-50-30-5)110(90-103(66-39-14)75-58-51-31-6,91-105(68-41-16)94(24)60-33-8)108(80-42-17,88-104(67-40-15)83-93(23)43-18)106(85-99(62-35-10)72-55-48-28-3)86-100(63-36-11)78-77-92(21)22/h92-106H,26-91H2,1-25H3. The molecule has 0 bridgehead atoms. The molecular formula is C110H222. The molecule has 18 atom stereocenters. The number of rotatable bonds is 84. The smallest absolute Gasteiger partial charge is 0.0171 e. The SMILES string of the molecule is CCCCCC(CC)CCC(CC(CCC)CCCCC)(C(C)CC(CCC)CCCCC)C(CCCC(CC)CCCC)(CC(CCC)CCCCC)C(CC(CCC)CCCCC)(CC(CCC)C(C)CCC)C(CCC)(CC(CCC)CC(C)CC)C(CC(CCC)CCCCC)CC(CCC)CCC(C)C. The minimum atomic E-state index is 0.147. The maximum atomic E-state index is 3.21. The maximum absolute atomic E-state index is 3.21. The molecule has 662 valence electrons. The Kier molecular flexibility index (Phi) is 69.8. The Bertz CT molecular complexity index is 1910. The predicted molar refractivity (Wildman–Crippen MR) is 509 cm³/mol. The first-order valence-corrected chi connectivity index (χ1v) is 53.2. The van der Waals surface area contributed by atoms with E-state index in [4.69, 9.17) is 0 Å². The lowest BCUT2D eigenvalue weighted by Crippen LogP contribution is -2.67. The van der Waals surface area contributed by atoms with Crippen LogP contribution in [0.4, 0.5) is 0 Å². The molecule has 0 fully saturated rings. The summed E-state index contributed by atoms with van der Waals surface area (Å²) in [7, 11) is 0. The fraction of sp³-hybridized carbons (Fsp3) is 1.00. The van der Waals surface area contributed by atoms with Crippen LogP contribution in [0.25, 0.3) is 0 Å². The van der Waals surface area contributed by atoms with Gasteiger partial charge in [-0.05, 0) is 194 Å². The minimum absolute atomic E-state index is 0.147. The first-order chi connectivity index (χ1) is 53.2. The van der Waals surface area contributed by atoms with Crippen LogP contribution in [-0.2, 0) is 0 Å². The summed E-state index contributed by atoms with van der Waals surface area (Å²) in [5.41, 5.74) is 0.696. The second kappa shape index (κ2) is 69.8. The van der Waals surface area contributed by atoms with Gasteiger partial charge in [0.15, 0.2) is 0 Å². The monoisotopic (exact) mass is 1540 g/mol. The molecule has 0 heterocycles. The molecule has 0 nitrogen and oxygen atoms in total. The van der Waals surface area contributed by atoms with E-state index < -0.39 is 0 Å².